The molecule has 4 aromatic rings. The molecule has 106 valence electrons. The smallest absolute Gasteiger partial charge is 0.227 e. The maximum atomic E-state index is 10.1. The van der Waals surface area contributed by atoms with Crippen LogP contribution in [0.5, 0.6) is 5.75 Å². The number of phenols is 1. The highest BCUT2D eigenvalue weighted by Crippen LogP contribution is 2.26. The Morgan fingerprint density at radius 3 is 2.68 bits per heavy atom. The lowest BCUT2D eigenvalue weighted by atomic mass is 10.0. The summed E-state index contributed by atoms with van der Waals surface area (Å²) in [6, 6.07) is 19.2. The summed E-state index contributed by atoms with van der Waals surface area (Å²) in [7, 11) is 0. The summed E-state index contributed by atoms with van der Waals surface area (Å²) < 4.78 is 0. The third kappa shape index (κ3) is 2.11. The van der Waals surface area contributed by atoms with Gasteiger partial charge in [-0.25, -0.2) is 9.98 Å². The standard InChI is InChI=1S/C18H13N3O/c22-17-10-9-12-5-1-2-6-13(12)14(17)11-19-18-20-15-7-3-4-8-16(15)21-18/h1-11,22H,(H,20,21). The Balaban J connectivity index is 1.81. The molecular formula is C18H13N3O. The summed E-state index contributed by atoms with van der Waals surface area (Å²) in [5, 5.41) is 12.1. The van der Waals surface area contributed by atoms with Gasteiger partial charge in [-0.3, -0.25) is 0 Å². The van der Waals surface area contributed by atoms with Crippen LogP contribution in [-0.2, 0) is 0 Å². The highest BCUT2D eigenvalue weighted by molar-refractivity contribution is 6.02. The van der Waals surface area contributed by atoms with Gasteiger partial charge in [0.1, 0.15) is 5.75 Å². The Hall–Kier alpha value is -3.14. The minimum Gasteiger partial charge on any atom is -0.507 e. The highest BCUT2D eigenvalue weighted by Gasteiger charge is 2.05. The van der Waals surface area contributed by atoms with Crippen LogP contribution in [0.15, 0.2) is 65.7 Å². The van der Waals surface area contributed by atoms with E-state index in [1.54, 1.807) is 12.3 Å². The van der Waals surface area contributed by atoms with E-state index in [0.717, 1.165) is 21.8 Å². The predicted octanol–water partition coefficient (Wildman–Crippen LogP) is 4.17. The van der Waals surface area contributed by atoms with Crippen LogP contribution >= 0.6 is 0 Å². The second-order valence-electron chi connectivity index (χ2n) is 5.06. The van der Waals surface area contributed by atoms with Crippen molar-refractivity contribution >= 4 is 34.0 Å². The number of rotatable bonds is 2. The van der Waals surface area contributed by atoms with Crippen LogP contribution in [0.4, 0.5) is 5.95 Å². The van der Waals surface area contributed by atoms with E-state index < -0.39 is 0 Å². The Kier molecular flexibility index (Phi) is 2.86. The van der Waals surface area contributed by atoms with Gasteiger partial charge >= 0.3 is 0 Å². The largest absolute Gasteiger partial charge is 0.507 e. The summed E-state index contributed by atoms with van der Waals surface area (Å²) >= 11 is 0. The van der Waals surface area contributed by atoms with Crippen molar-refractivity contribution in [3.63, 3.8) is 0 Å². The molecular weight excluding hydrogens is 274 g/mol. The third-order valence-corrected chi connectivity index (χ3v) is 3.64. The molecule has 0 spiro atoms. The molecule has 4 rings (SSSR count). The van der Waals surface area contributed by atoms with E-state index >= 15 is 0 Å². The number of hydrogen-bond donors (Lipinski definition) is 2. The Morgan fingerprint density at radius 2 is 1.77 bits per heavy atom. The Bertz CT molecular complexity index is 968. The first-order valence-corrected chi connectivity index (χ1v) is 7.01. The molecule has 3 aromatic carbocycles. The van der Waals surface area contributed by atoms with Crippen LogP contribution in [0.2, 0.25) is 0 Å². The second kappa shape index (κ2) is 5.00. The van der Waals surface area contributed by atoms with Crippen LogP contribution in [-0.4, -0.2) is 21.3 Å². The zero-order valence-electron chi connectivity index (χ0n) is 11.7. The molecule has 4 heteroatoms. The number of benzene rings is 3. The molecule has 0 amide bonds. The maximum Gasteiger partial charge on any atom is 0.227 e. The molecule has 0 aliphatic carbocycles. The number of nitrogens with zero attached hydrogens (tertiary/aromatic N) is 2. The number of H-pyrrole nitrogens is 1. The van der Waals surface area contributed by atoms with Gasteiger partial charge in [0.05, 0.1) is 11.0 Å². The molecule has 0 atom stereocenters. The van der Waals surface area contributed by atoms with Gasteiger partial charge in [-0.2, -0.15) is 0 Å². The maximum absolute atomic E-state index is 10.1. The lowest BCUT2D eigenvalue weighted by molar-refractivity contribution is 0.475. The van der Waals surface area contributed by atoms with Gasteiger partial charge in [-0.05, 0) is 29.0 Å². The van der Waals surface area contributed by atoms with E-state index in [1.165, 1.54) is 0 Å². The van der Waals surface area contributed by atoms with Gasteiger partial charge in [-0.1, -0.05) is 42.5 Å². The van der Waals surface area contributed by atoms with E-state index in [9.17, 15) is 5.11 Å². The van der Waals surface area contributed by atoms with Crippen LogP contribution < -0.4 is 0 Å². The van der Waals surface area contributed by atoms with Crippen LogP contribution in [0.25, 0.3) is 21.8 Å². The first-order valence-electron chi connectivity index (χ1n) is 7.01. The van der Waals surface area contributed by atoms with Gasteiger partial charge in [0.25, 0.3) is 0 Å². The molecule has 1 heterocycles. The molecule has 1 aromatic heterocycles. The van der Waals surface area contributed by atoms with Crippen molar-refractivity contribution < 1.29 is 5.11 Å². The van der Waals surface area contributed by atoms with Crippen LogP contribution in [0.1, 0.15) is 5.56 Å². The van der Waals surface area contributed by atoms with Gasteiger partial charge in [0.2, 0.25) is 5.95 Å². The van der Waals surface area contributed by atoms with E-state index in [2.05, 4.69) is 15.0 Å². The van der Waals surface area contributed by atoms with Crippen molar-refractivity contribution in [2.45, 2.75) is 0 Å². The van der Waals surface area contributed by atoms with Crippen LogP contribution in [0.3, 0.4) is 0 Å². The summed E-state index contributed by atoms with van der Waals surface area (Å²) in [6.45, 7) is 0. The van der Waals surface area contributed by atoms with Crippen molar-refractivity contribution in [3.8, 4) is 5.75 Å². The fourth-order valence-corrected chi connectivity index (χ4v) is 2.55. The molecule has 0 aliphatic rings. The zero-order valence-corrected chi connectivity index (χ0v) is 11.7. The van der Waals surface area contributed by atoms with Gasteiger partial charge in [-0.15, -0.1) is 0 Å². The lowest BCUT2D eigenvalue weighted by Crippen LogP contribution is -1.86. The minimum absolute atomic E-state index is 0.207. The van der Waals surface area contributed by atoms with E-state index in [4.69, 9.17) is 0 Å². The number of aromatic hydroxyl groups is 1. The van der Waals surface area contributed by atoms with Gasteiger partial charge in [0.15, 0.2) is 0 Å². The second-order valence-corrected chi connectivity index (χ2v) is 5.06. The van der Waals surface area contributed by atoms with Gasteiger partial charge in [0, 0.05) is 11.8 Å². The van der Waals surface area contributed by atoms with E-state index in [-0.39, 0.29) is 5.75 Å². The molecule has 0 saturated heterocycles. The summed E-state index contributed by atoms with van der Waals surface area (Å²) in [4.78, 5) is 11.9. The van der Waals surface area contributed by atoms with E-state index in [1.807, 2.05) is 54.6 Å². The van der Waals surface area contributed by atoms with Crippen molar-refractivity contribution in [3.05, 3.63) is 66.2 Å². The molecule has 4 nitrogen and oxygen atoms in total. The molecule has 22 heavy (non-hydrogen) atoms. The first kappa shape index (κ1) is 12.6. The number of nitrogens with one attached hydrogen (secondary N) is 1. The first-order chi connectivity index (χ1) is 10.8. The fourth-order valence-electron chi connectivity index (χ4n) is 2.55. The topological polar surface area (TPSA) is 61.3 Å². The number of aliphatic imine (C=N–C) groups is 1. The number of para-hydroxylation sites is 2. The minimum atomic E-state index is 0.207. The number of imidazole rings is 1. The Labute approximate surface area is 126 Å². The average molecular weight is 287 g/mol. The number of aromatic amines is 1. The SMILES string of the molecule is Oc1ccc2ccccc2c1C=Nc1nc2ccccc2[nH]1. The van der Waals surface area contributed by atoms with Gasteiger partial charge < -0.3 is 10.1 Å². The number of phenolic OH excluding ortho intramolecular Hbond substituents is 1. The summed E-state index contributed by atoms with van der Waals surface area (Å²) in [6.07, 6.45) is 1.65. The molecule has 0 saturated carbocycles. The molecule has 0 bridgehead atoms. The molecule has 0 aliphatic heterocycles. The molecule has 0 unspecified atom stereocenters. The van der Waals surface area contributed by atoms with Crippen molar-refractivity contribution in [2.24, 2.45) is 4.99 Å². The van der Waals surface area contributed by atoms with Crippen molar-refractivity contribution in [2.75, 3.05) is 0 Å². The quantitative estimate of drug-likeness (QED) is 0.543. The van der Waals surface area contributed by atoms with E-state index in [0.29, 0.717) is 11.5 Å². The highest BCUT2D eigenvalue weighted by atomic mass is 16.3. The monoisotopic (exact) mass is 287 g/mol. The number of fused-ring (bicyclic) bond motifs is 2. The molecule has 0 radical (unpaired) electrons. The average Bonchev–Trinajstić information content (AvgIpc) is 2.97. The fraction of sp³-hybridized carbons (Fsp3) is 0. The summed E-state index contributed by atoms with van der Waals surface area (Å²) in [5.74, 6) is 0.729. The number of hydrogen-bond acceptors (Lipinski definition) is 3. The molecule has 0 fully saturated rings. The van der Waals surface area contributed by atoms with Crippen molar-refractivity contribution in [1.29, 1.82) is 0 Å². The van der Waals surface area contributed by atoms with Crippen LogP contribution in [0, 0.1) is 0 Å². The van der Waals surface area contributed by atoms with Crippen molar-refractivity contribution in [1.82, 2.24) is 9.97 Å². The predicted molar refractivity (Wildman–Crippen MR) is 89.0 cm³/mol. The zero-order chi connectivity index (χ0) is 14.9. The Morgan fingerprint density at radius 1 is 0.955 bits per heavy atom. The third-order valence-electron chi connectivity index (χ3n) is 3.64. The normalized spacial score (nSPS) is 11.6. The lowest BCUT2D eigenvalue weighted by Gasteiger charge is -2.04. The summed E-state index contributed by atoms with van der Waals surface area (Å²) in [5.41, 5.74) is 2.51. The molecule has 2 N–H and O–H groups in total. The number of aromatic nitrogens is 2.